The van der Waals surface area contributed by atoms with E-state index in [2.05, 4.69) is 0 Å². The highest BCUT2D eigenvalue weighted by molar-refractivity contribution is 5.78. The molecule has 0 aliphatic carbocycles. The molecule has 0 aromatic heterocycles. The third-order valence-corrected chi connectivity index (χ3v) is 3.62. The summed E-state index contributed by atoms with van der Waals surface area (Å²) in [6.45, 7) is 8.12. The Morgan fingerprint density at radius 3 is 2.28 bits per heavy atom. The van der Waals surface area contributed by atoms with Gasteiger partial charge in [0.05, 0.1) is 6.54 Å². The summed E-state index contributed by atoms with van der Waals surface area (Å²) in [4.78, 5) is 26.7. The smallest absolute Gasteiger partial charge is 0.236 e. The molecule has 0 bridgehead atoms. The highest BCUT2D eigenvalue weighted by Crippen LogP contribution is 2.19. The molecule has 1 aliphatic heterocycles. The maximum Gasteiger partial charge on any atom is 0.236 e. The Balaban J connectivity index is 2.43. The third-order valence-electron chi connectivity index (χ3n) is 3.62. The fourth-order valence-electron chi connectivity index (χ4n) is 2.48. The molecule has 0 aromatic carbocycles. The van der Waals surface area contributed by atoms with Crippen molar-refractivity contribution in [3.05, 3.63) is 0 Å². The first-order chi connectivity index (χ1) is 8.45. The van der Waals surface area contributed by atoms with Gasteiger partial charge in [0.25, 0.3) is 0 Å². The van der Waals surface area contributed by atoms with Crippen LogP contribution in [-0.4, -0.2) is 53.8 Å². The van der Waals surface area contributed by atoms with Crippen molar-refractivity contribution in [1.82, 2.24) is 9.80 Å². The van der Waals surface area contributed by atoms with E-state index in [-0.39, 0.29) is 24.4 Å². The number of piperidine rings is 1. The Hall–Kier alpha value is -1.10. The predicted octanol–water partition coefficient (Wildman–Crippen LogP) is 0.441. The SMILES string of the molecule is CC(=O)N(CC1CCN(C(=O)CN)CC1)C(C)C. The average Bonchev–Trinajstić information content (AvgIpc) is 2.35. The molecule has 0 saturated carbocycles. The first kappa shape index (κ1) is 15.0. The monoisotopic (exact) mass is 255 g/mol. The first-order valence-electron chi connectivity index (χ1n) is 6.70. The number of rotatable bonds is 4. The van der Waals surface area contributed by atoms with Crippen LogP contribution >= 0.6 is 0 Å². The van der Waals surface area contributed by atoms with E-state index in [1.807, 2.05) is 23.6 Å². The van der Waals surface area contributed by atoms with E-state index < -0.39 is 0 Å². The number of nitrogens with two attached hydrogens (primary N) is 1. The Morgan fingerprint density at radius 1 is 1.33 bits per heavy atom. The molecule has 18 heavy (non-hydrogen) atoms. The van der Waals surface area contributed by atoms with E-state index in [4.69, 9.17) is 5.73 Å². The maximum atomic E-state index is 11.5. The molecule has 0 spiro atoms. The van der Waals surface area contributed by atoms with Crippen LogP contribution in [0, 0.1) is 5.92 Å². The van der Waals surface area contributed by atoms with E-state index in [1.165, 1.54) is 0 Å². The fourth-order valence-corrected chi connectivity index (χ4v) is 2.48. The van der Waals surface area contributed by atoms with Crippen LogP contribution in [0.25, 0.3) is 0 Å². The number of amides is 2. The van der Waals surface area contributed by atoms with Crippen LogP contribution in [0.15, 0.2) is 0 Å². The van der Waals surface area contributed by atoms with Gasteiger partial charge >= 0.3 is 0 Å². The van der Waals surface area contributed by atoms with Crippen molar-refractivity contribution in [2.24, 2.45) is 11.7 Å². The Kier molecular flexibility index (Phi) is 5.59. The van der Waals surface area contributed by atoms with Crippen molar-refractivity contribution < 1.29 is 9.59 Å². The van der Waals surface area contributed by atoms with Gasteiger partial charge in [-0.25, -0.2) is 0 Å². The lowest BCUT2D eigenvalue weighted by Gasteiger charge is -2.36. The Morgan fingerprint density at radius 2 is 1.89 bits per heavy atom. The van der Waals surface area contributed by atoms with Gasteiger partial charge in [-0.3, -0.25) is 9.59 Å². The van der Waals surface area contributed by atoms with Gasteiger partial charge in [-0.2, -0.15) is 0 Å². The molecule has 0 atom stereocenters. The zero-order valence-corrected chi connectivity index (χ0v) is 11.7. The molecule has 1 rings (SSSR count). The molecule has 1 heterocycles. The standard InChI is InChI=1S/C13H25N3O2/c1-10(2)16(11(3)17)9-12-4-6-15(7-5-12)13(18)8-14/h10,12H,4-9,14H2,1-3H3. The van der Waals surface area contributed by atoms with Crippen molar-refractivity contribution in [2.45, 2.75) is 39.7 Å². The quantitative estimate of drug-likeness (QED) is 0.792. The molecule has 2 amide bonds. The molecule has 1 fully saturated rings. The summed E-state index contributed by atoms with van der Waals surface area (Å²) >= 11 is 0. The van der Waals surface area contributed by atoms with E-state index >= 15 is 0 Å². The van der Waals surface area contributed by atoms with Crippen LogP contribution < -0.4 is 5.73 Å². The normalized spacial score (nSPS) is 17.1. The zero-order chi connectivity index (χ0) is 13.7. The summed E-state index contributed by atoms with van der Waals surface area (Å²) in [5.41, 5.74) is 5.35. The summed E-state index contributed by atoms with van der Waals surface area (Å²) in [5.74, 6) is 0.657. The minimum Gasteiger partial charge on any atom is -0.342 e. The van der Waals surface area contributed by atoms with Gasteiger partial charge in [-0.05, 0) is 32.6 Å². The lowest BCUT2D eigenvalue weighted by atomic mass is 9.95. The summed E-state index contributed by atoms with van der Waals surface area (Å²) in [7, 11) is 0. The molecule has 1 aliphatic rings. The van der Waals surface area contributed by atoms with Gasteiger partial charge in [0.2, 0.25) is 11.8 Å². The Labute approximate surface area is 109 Å². The topological polar surface area (TPSA) is 66.6 Å². The van der Waals surface area contributed by atoms with Crippen LogP contribution in [0.3, 0.4) is 0 Å². The number of carbonyl (C=O) groups excluding carboxylic acids is 2. The molecular weight excluding hydrogens is 230 g/mol. The predicted molar refractivity (Wildman–Crippen MR) is 70.9 cm³/mol. The van der Waals surface area contributed by atoms with E-state index in [1.54, 1.807) is 6.92 Å². The highest BCUT2D eigenvalue weighted by Gasteiger charge is 2.25. The van der Waals surface area contributed by atoms with Gasteiger partial charge in [-0.1, -0.05) is 0 Å². The number of likely N-dealkylation sites (tertiary alicyclic amines) is 1. The highest BCUT2D eigenvalue weighted by atomic mass is 16.2. The van der Waals surface area contributed by atoms with Crippen molar-refractivity contribution in [2.75, 3.05) is 26.2 Å². The van der Waals surface area contributed by atoms with E-state index in [9.17, 15) is 9.59 Å². The van der Waals surface area contributed by atoms with Crippen molar-refractivity contribution in [3.63, 3.8) is 0 Å². The van der Waals surface area contributed by atoms with Crippen LogP contribution in [0.4, 0.5) is 0 Å². The number of hydrogen-bond acceptors (Lipinski definition) is 3. The lowest BCUT2D eigenvalue weighted by molar-refractivity contribution is -0.134. The van der Waals surface area contributed by atoms with Crippen molar-refractivity contribution in [3.8, 4) is 0 Å². The van der Waals surface area contributed by atoms with Gasteiger partial charge in [0, 0.05) is 32.6 Å². The number of carbonyl (C=O) groups is 2. The summed E-state index contributed by atoms with van der Waals surface area (Å²) in [5, 5.41) is 0. The molecule has 0 aromatic rings. The molecule has 1 saturated heterocycles. The second-order valence-electron chi connectivity index (χ2n) is 5.29. The number of hydrogen-bond donors (Lipinski definition) is 1. The van der Waals surface area contributed by atoms with E-state index in [0.29, 0.717) is 5.92 Å². The van der Waals surface area contributed by atoms with E-state index in [0.717, 1.165) is 32.5 Å². The zero-order valence-electron chi connectivity index (χ0n) is 11.7. The minimum atomic E-state index is 0.0285. The minimum absolute atomic E-state index is 0.0285. The summed E-state index contributed by atoms with van der Waals surface area (Å²) in [6, 6.07) is 0.242. The summed E-state index contributed by atoms with van der Waals surface area (Å²) < 4.78 is 0. The van der Waals surface area contributed by atoms with Crippen LogP contribution in [-0.2, 0) is 9.59 Å². The van der Waals surface area contributed by atoms with Gasteiger partial charge < -0.3 is 15.5 Å². The Bertz CT molecular complexity index is 297. The molecule has 0 unspecified atom stereocenters. The molecule has 2 N–H and O–H groups in total. The second-order valence-corrected chi connectivity index (χ2v) is 5.29. The number of nitrogens with zero attached hydrogens (tertiary/aromatic N) is 2. The van der Waals surface area contributed by atoms with Crippen LogP contribution in [0.1, 0.15) is 33.6 Å². The maximum absolute atomic E-state index is 11.5. The fraction of sp³-hybridized carbons (Fsp3) is 0.846. The average molecular weight is 255 g/mol. The lowest BCUT2D eigenvalue weighted by Crippen LogP contribution is -2.45. The van der Waals surface area contributed by atoms with Crippen molar-refractivity contribution >= 4 is 11.8 Å². The molecular formula is C13H25N3O2. The van der Waals surface area contributed by atoms with Gasteiger partial charge in [-0.15, -0.1) is 0 Å². The largest absolute Gasteiger partial charge is 0.342 e. The van der Waals surface area contributed by atoms with Gasteiger partial charge in [0.1, 0.15) is 0 Å². The third kappa shape index (κ3) is 3.98. The molecule has 0 radical (unpaired) electrons. The van der Waals surface area contributed by atoms with Crippen LogP contribution in [0.5, 0.6) is 0 Å². The van der Waals surface area contributed by atoms with Crippen LogP contribution in [0.2, 0.25) is 0 Å². The molecule has 5 nitrogen and oxygen atoms in total. The second kappa shape index (κ2) is 6.73. The van der Waals surface area contributed by atoms with Gasteiger partial charge in [0.15, 0.2) is 0 Å². The molecule has 104 valence electrons. The first-order valence-corrected chi connectivity index (χ1v) is 6.70. The molecule has 5 heteroatoms. The van der Waals surface area contributed by atoms with Crippen molar-refractivity contribution in [1.29, 1.82) is 0 Å². The summed E-state index contributed by atoms with van der Waals surface area (Å²) in [6.07, 6.45) is 1.92.